The highest BCUT2D eigenvalue weighted by Gasteiger charge is 2.38. The predicted octanol–water partition coefficient (Wildman–Crippen LogP) is -5.63. The quantitative estimate of drug-likeness (QED) is 0.0271. The Bertz CT molecular complexity index is 3320. The van der Waals surface area contributed by atoms with Crippen LogP contribution in [0.15, 0.2) is 24.3 Å². The zero-order chi connectivity index (χ0) is 84.5. The summed E-state index contributed by atoms with van der Waals surface area (Å²) in [4.78, 5) is 234. The summed E-state index contributed by atoms with van der Waals surface area (Å²) in [5.41, 5.74) is 28.8. The van der Waals surface area contributed by atoms with Gasteiger partial charge in [0.25, 0.3) is 0 Å². The Labute approximate surface area is 653 Å². The number of nitrogens with one attached hydrogen (secondary N) is 15. The Balaban J connectivity index is 2.69. The lowest BCUT2D eigenvalue weighted by molar-refractivity contribution is -0.137. The molecule has 0 spiro atoms. The number of unbranched alkanes of at least 4 members (excludes halogenated alkanes) is 3. The van der Waals surface area contributed by atoms with E-state index in [-0.39, 0.29) is 107 Å². The first-order valence-corrected chi connectivity index (χ1v) is 38.3. The van der Waals surface area contributed by atoms with Gasteiger partial charge < -0.3 is 119 Å². The zero-order valence-corrected chi connectivity index (χ0v) is 66.1. The van der Waals surface area contributed by atoms with Crippen molar-refractivity contribution < 1.29 is 91.7 Å². The zero-order valence-electron chi connectivity index (χ0n) is 66.1. The van der Waals surface area contributed by atoms with Crippen LogP contribution in [0.1, 0.15) is 184 Å². The fourth-order valence-electron chi connectivity index (χ4n) is 11.6. The van der Waals surface area contributed by atoms with Crippen LogP contribution in [0, 0.1) is 17.8 Å². The van der Waals surface area contributed by atoms with Crippen LogP contribution in [-0.4, -0.2) is 228 Å². The van der Waals surface area contributed by atoms with E-state index < -0.39 is 211 Å². The van der Waals surface area contributed by atoms with Gasteiger partial charge in [0, 0.05) is 13.0 Å². The van der Waals surface area contributed by atoms with Crippen LogP contribution in [0.2, 0.25) is 0 Å². The van der Waals surface area contributed by atoms with Crippen molar-refractivity contribution in [3.63, 3.8) is 0 Å². The molecule has 1 aliphatic heterocycles. The van der Waals surface area contributed by atoms with Crippen molar-refractivity contribution in [2.24, 2.45) is 46.4 Å². The number of hydrogen-bond acceptors (Lipinski definition) is 22. The maximum Gasteiger partial charge on any atom is 0.243 e. The summed E-state index contributed by atoms with van der Waals surface area (Å²) in [6.45, 7) is 15.0. The molecule has 1 aromatic rings. The van der Waals surface area contributed by atoms with Gasteiger partial charge in [-0.05, 0) is 153 Å². The van der Waals surface area contributed by atoms with Crippen molar-refractivity contribution in [2.75, 3.05) is 32.7 Å². The Morgan fingerprint density at radius 3 is 1.58 bits per heavy atom. The number of aliphatic hydroxyl groups excluding tert-OH is 1. The van der Waals surface area contributed by atoms with E-state index in [2.05, 4.69) is 79.8 Å². The van der Waals surface area contributed by atoms with Crippen molar-refractivity contribution in [1.82, 2.24) is 79.8 Å². The number of phenols is 1. The number of carbonyl (C=O) groups is 17. The first-order valence-electron chi connectivity index (χ1n) is 38.3. The Morgan fingerprint density at radius 2 is 1.04 bits per heavy atom. The van der Waals surface area contributed by atoms with E-state index in [4.69, 9.17) is 28.7 Å². The molecule has 0 bridgehead atoms. The Kier molecular flexibility index (Phi) is 45.0. The average molecular weight is 1590 g/mol. The molecule has 630 valence electrons. The summed E-state index contributed by atoms with van der Waals surface area (Å²) in [6, 6.07) is -13.2. The number of nitrogens with two attached hydrogens (primary N) is 5. The predicted molar refractivity (Wildman–Crippen MR) is 410 cm³/mol. The van der Waals surface area contributed by atoms with E-state index in [9.17, 15) is 91.7 Å². The molecule has 1 fully saturated rings. The van der Waals surface area contributed by atoms with Gasteiger partial charge in [0.15, 0.2) is 0 Å². The molecule has 1 saturated heterocycles. The summed E-state index contributed by atoms with van der Waals surface area (Å²) in [5.74, 6) is -17.0. The number of aromatic hydroxyl groups is 1. The van der Waals surface area contributed by atoms with E-state index in [1.807, 2.05) is 6.92 Å². The Morgan fingerprint density at radius 1 is 0.527 bits per heavy atom. The van der Waals surface area contributed by atoms with Crippen LogP contribution in [-0.2, 0) is 87.9 Å². The van der Waals surface area contributed by atoms with Crippen LogP contribution < -0.4 is 108 Å². The number of amides is 17. The molecule has 39 nitrogen and oxygen atoms in total. The minimum absolute atomic E-state index is 0.00261. The number of benzene rings is 1. The largest absolute Gasteiger partial charge is 0.508 e. The summed E-state index contributed by atoms with van der Waals surface area (Å²) in [5, 5.41) is 57.9. The summed E-state index contributed by atoms with van der Waals surface area (Å²) >= 11 is 0. The number of rotatable bonds is 43. The molecule has 27 N–H and O–H groups in total. The molecule has 0 radical (unpaired) electrons. The molecular formula is C73H124N20O19. The maximum absolute atomic E-state index is 14.9. The van der Waals surface area contributed by atoms with Gasteiger partial charge in [-0.2, -0.15) is 0 Å². The molecule has 112 heavy (non-hydrogen) atoms. The molecule has 0 aromatic heterocycles. The van der Waals surface area contributed by atoms with Gasteiger partial charge in [-0.3, -0.25) is 81.5 Å². The molecule has 0 saturated carbocycles. The average Bonchev–Trinajstić information content (AvgIpc) is 0.851. The highest BCUT2D eigenvalue weighted by atomic mass is 16.3. The van der Waals surface area contributed by atoms with Crippen LogP contribution in [0.5, 0.6) is 5.75 Å². The lowest BCUT2D eigenvalue weighted by Gasteiger charge is -2.29. The normalized spacial score (nSPS) is 19.2. The minimum Gasteiger partial charge on any atom is -0.508 e. The van der Waals surface area contributed by atoms with Crippen LogP contribution in [0.4, 0.5) is 0 Å². The van der Waals surface area contributed by atoms with Gasteiger partial charge in [0.2, 0.25) is 100 Å². The van der Waals surface area contributed by atoms with Crippen molar-refractivity contribution >= 4 is 100 Å². The fraction of sp³-hybridized carbons (Fsp3) is 0.685. The molecule has 14 atom stereocenters. The number of aliphatic hydroxyl groups is 1. The smallest absolute Gasteiger partial charge is 0.243 e. The van der Waals surface area contributed by atoms with E-state index in [1.54, 1.807) is 41.5 Å². The molecule has 1 aromatic carbocycles. The van der Waals surface area contributed by atoms with Gasteiger partial charge in [0.1, 0.15) is 78.3 Å². The molecule has 2 rings (SSSR count). The van der Waals surface area contributed by atoms with Gasteiger partial charge in [-0.1, -0.05) is 73.4 Å². The SMILES string of the molecule is CCCC[C@H](N)C(=O)N[C@@H](C)C(=O)N[C@@H](C)C(=O)N[C@@H](CCCCN)C(=O)N[C@H]1CCCCNC(=O)C[C@@H](C(=O)N[C@@H](CC(C)C)C(=O)N[C@@H](CC(C)C)C(=O)N[C@@H](CCCCN)C(=O)NCC(=O)NCC(=O)N[C@H](C(N)=O)C(C)O)NC(=O)[C@H](CC(N)=O)NC(=O)[C@H](CC(C)C)NC(=O)[C@H](Cc2ccc(O)cc2)NC1=O. The second-order valence-electron chi connectivity index (χ2n) is 29.5. The van der Waals surface area contributed by atoms with Gasteiger partial charge in [-0.15, -0.1) is 0 Å². The lowest BCUT2D eigenvalue weighted by atomic mass is 9.99. The molecule has 1 aliphatic rings. The number of hydrogen-bond donors (Lipinski definition) is 22. The van der Waals surface area contributed by atoms with Crippen LogP contribution in [0.3, 0.4) is 0 Å². The van der Waals surface area contributed by atoms with Crippen LogP contribution in [0.25, 0.3) is 0 Å². The number of primary amides is 2. The van der Waals surface area contributed by atoms with E-state index in [1.165, 1.54) is 45.0 Å². The van der Waals surface area contributed by atoms with E-state index in [0.29, 0.717) is 37.7 Å². The first kappa shape index (κ1) is 97.9. The molecule has 17 amide bonds. The summed E-state index contributed by atoms with van der Waals surface area (Å²) in [7, 11) is 0. The molecule has 0 aliphatic carbocycles. The van der Waals surface area contributed by atoms with Crippen molar-refractivity contribution in [3.05, 3.63) is 29.8 Å². The molecule has 39 heteroatoms. The van der Waals surface area contributed by atoms with E-state index >= 15 is 0 Å². The first-order chi connectivity index (χ1) is 52.7. The monoisotopic (exact) mass is 1580 g/mol. The maximum atomic E-state index is 14.9. The third-order valence-electron chi connectivity index (χ3n) is 17.8. The third-order valence-corrected chi connectivity index (χ3v) is 17.8. The molecule has 1 heterocycles. The third kappa shape index (κ3) is 38.2. The van der Waals surface area contributed by atoms with E-state index in [0.717, 1.165) is 6.42 Å². The number of carbonyl (C=O) groups excluding carboxylic acids is 17. The standard InChI is InChI=1S/C73H124N20O19/c1-11-12-19-46(76)64(103)83-41(8)62(101)82-42(9)63(102)84-48(21-14-17-28-75)66(105)86-49-22-15-18-29-79-57(97)35-55(92-72(111)54(34-56(77)96)91-70(109)52(32-40(6)7)88-71(110)53(90-67(49)106)33-44-23-25-45(95)26-24-44)73(112)89-51(31-39(4)5)69(108)87-50(30-38(2)3)68(107)85-47(20-13-16-27-74)65(104)81-36-58(98)80-37-59(99)93-60(43(10)94)61(78)100/h23-26,38-43,46-55,60,94-95H,11-22,27-37,74-76H2,1-10H3,(H2,77,96)(H2,78,100)(H,79,97)(H,80,98)(H,81,104)(H,82,101)(H,83,103)(H,84,102)(H,85,107)(H,86,105)(H,87,108)(H,88,110)(H,89,112)(H,90,106)(H,91,109)(H,92,111)(H,93,99)/t41-,42-,43?,46-,47-,48-,49-,50-,51-,52-,53-,54-,55-,60-/m0/s1. The highest BCUT2D eigenvalue weighted by molar-refractivity contribution is 6.01. The van der Waals surface area contributed by atoms with Crippen molar-refractivity contribution in [3.8, 4) is 5.75 Å². The minimum atomic E-state index is -1.91. The highest BCUT2D eigenvalue weighted by Crippen LogP contribution is 2.17. The number of phenolic OH excluding ortho intramolecular Hbond substituents is 1. The van der Waals surface area contributed by atoms with Gasteiger partial charge in [0.05, 0.1) is 38.1 Å². The van der Waals surface area contributed by atoms with Crippen molar-refractivity contribution in [2.45, 2.75) is 269 Å². The summed E-state index contributed by atoms with van der Waals surface area (Å²) in [6.07, 6.45) is -0.616. The summed E-state index contributed by atoms with van der Waals surface area (Å²) < 4.78 is 0. The van der Waals surface area contributed by atoms with Crippen molar-refractivity contribution in [1.29, 1.82) is 0 Å². The topological polar surface area (TPSA) is 641 Å². The molecule has 1 unspecified atom stereocenters. The second kappa shape index (κ2) is 51.4. The van der Waals surface area contributed by atoms with Gasteiger partial charge in [-0.25, -0.2) is 0 Å². The Hall–Kier alpha value is -10.2. The fourth-order valence-corrected chi connectivity index (χ4v) is 11.6. The second-order valence-corrected chi connectivity index (χ2v) is 29.5. The van der Waals surface area contributed by atoms with Gasteiger partial charge >= 0.3 is 0 Å². The molecular weight excluding hydrogens is 1460 g/mol. The van der Waals surface area contributed by atoms with Crippen LogP contribution >= 0.6 is 0 Å². The lowest BCUT2D eigenvalue weighted by Crippen LogP contribution is -2.61.